The Kier molecular flexibility index (Phi) is 4.86. The van der Waals surface area contributed by atoms with Crippen LogP contribution < -0.4 is 15.6 Å². The van der Waals surface area contributed by atoms with Gasteiger partial charge in [-0.3, -0.25) is 15.2 Å². The largest absolute Gasteiger partial charge is 0.487 e. The van der Waals surface area contributed by atoms with E-state index in [9.17, 15) is 9.90 Å². The number of hydrazine groups is 1. The van der Waals surface area contributed by atoms with Crippen molar-refractivity contribution in [3.8, 4) is 5.75 Å². The smallest absolute Gasteiger partial charge is 0.306 e. The molecule has 3 N–H and O–H groups in total. The van der Waals surface area contributed by atoms with Gasteiger partial charge in [-0.1, -0.05) is 18.2 Å². The fraction of sp³-hybridized carbons (Fsp3) is 0.400. The van der Waals surface area contributed by atoms with Gasteiger partial charge in [0, 0.05) is 6.54 Å². The Morgan fingerprint density at radius 1 is 1.23 bits per heavy atom. The van der Waals surface area contributed by atoms with Crippen molar-refractivity contribution in [3.63, 3.8) is 0 Å². The van der Waals surface area contributed by atoms with Gasteiger partial charge in [-0.25, -0.2) is 5.43 Å². The van der Waals surface area contributed by atoms with E-state index in [2.05, 4.69) is 34.0 Å². The molecule has 0 saturated carbocycles. The van der Waals surface area contributed by atoms with E-state index in [1.54, 1.807) is 6.20 Å². The summed E-state index contributed by atoms with van der Waals surface area (Å²) in [5, 5.41) is 9.25. The van der Waals surface area contributed by atoms with Crippen LogP contribution >= 0.6 is 0 Å². The summed E-state index contributed by atoms with van der Waals surface area (Å²) in [6, 6.07) is 10.4. The first kappa shape index (κ1) is 17.0. The van der Waals surface area contributed by atoms with E-state index in [0.717, 1.165) is 48.4 Å². The molecule has 1 aromatic heterocycles. The molecule has 2 aromatic rings. The molecule has 2 aliphatic rings. The lowest BCUT2D eigenvalue weighted by molar-refractivity contribution is -0.142. The van der Waals surface area contributed by atoms with Crippen molar-refractivity contribution in [1.82, 2.24) is 15.8 Å². The number of aryl methyl sites for hydroxylation is 1. The van der Waals surface area contributed by atoms with Crippen molar-refractivity contribution >= 4 is 5.97 Å². The highest BCUT2D eigenvalue weighted by atomic mass is 16.5. The molecule has 4 rings (SSSR count). The number of carboxylic acid groups (broad SMARTS) is 1. The van der Waals surface area contributed by atoms with E-state index in [-0.39, 0.29) is 12.0 Å². The third-order valence-corrected chi connectivity index (χ3v) is 5.20. The lowest BCUT2D eigenvalue weighted by Gasteiger charge is -2.22. The Hall–Kier alpha value is -2.44. The van der Waals surface area contributed by atoms with Crippen LogP contribution in [0.2, 0.25) is 0 Å². The van der Waals surface area contributed by atoms with Gasteiger partial charge < -0.3 is 9.84 Å². The van der Waals surface area contributed by atoms with Crippen LogP contribution in [-0.4, -0.2) is 22.6 Å². The number of hydrogen-bond acceptors (Lipinski definition) is 5. The third-order valence-electron chi connectivity index (χ3n) is 5.20. The normalized spacial score (nSPS) is 22.0. The van der Waals surface area contributed by atoms with Crippen molar-refractivity contribution in [2.75, 3.05) is 6.54 Å². The minimum atomic E-state index is -0.699. The van der Waals surface area contributed by atoms with Crippen LogP contribution in [0.1, 0.15) is 41.3 Å². The van der Waals surface area contributed by atoms with Crippen LogP contribution in [-0.2, 0) is 24.2 Å². The molecule has 136 valence electrons. The second kappa shape index (κ2) is 7.43. The van der Waals surface area contributed by atoms with Gasteiger partial charge in [-0.2, -0.15) is 0 Å². The Morgan fingerprint density at radius 3 is 2.88 bits per heavy atom. The molecule has 0 amide bonds. The molecular formula is C20H23N3O3. The van der Waals surface area contributed by atoms with Crippen molar-refractivity contribution in [3.05, 3.63) is 58.9 Å². The highest BCUT2D eigenvalue weighted by Crippen LogP contribution is 2.27. The Bertz CT molecular complexity index is 785. The Morgan fingerprint density at radius 2 is 2.15 bits per heavy atom. The molecule has 0 bridgehead atoms. The van der Waals surface area contributed by atoms with Crippen LogP contribution in [0.5, 0.6) is 5.75 Å². The first-order valence-corrected chi connectivity index (χ1v) is 9.09. The first-order chi connectivity index (χ1) is 12.7. The molecule has 1 unspecified atom stereocenters. The summed E-state index contributed by atoms with van der Waals surface area (Å²) < 4.78 is 5.86. The summed E-state index contributed by atoms with van der Waals surface area (Å²) in [6.45, 7) is 1.40. The van der Waals surface area contributed by atoms with Crippen molar-refractivity contribution in [2.24, 2.45) is 5.92 Å². The molecule has 1 saturated heterocycles. The highest BCUT2D eigenvalue weighted by molar-refractivity contribution is 5.71. The summed E-state index contributed by atoms with van der Waals surface area (Å²) in [5.74, 6) is -0.231. The van der Waals surface area contributed by atoms with Gasteiger partial charge in [0.2, 0.25) is 0 Å². The fourth-order valence-corrected chi connectivity index (χ4v) is 3.67. The number of hydrogen-bond donors (Lipinski definition) is 3. The van der Waals surface area contributed by atoms with E-state index in [1.165, 1.54) is 5.56 Å². The summed E-state index contributed by atoms with van der Waals surface area (Å²) in [6.07, 6.45) is 4.95. The molecule has 0 radical (unpaired) electrons. The first-order valence-electron chi connectivity index (χ1n) is 9.09. The number of aliphatic carboxylic acids is 1. The highest BCUT2D eigenvalue weighted by Gasteiger charge is 2.24. The zero-order valence-electron chi connectivity index (χ0n) is 14.6. The SMILES string of the molecule is O=C(O)[C@H]1CCc2ccc(COc3ccc(C4CCNN4)nc3)cc2C1. The van der Waals surface area contributed by atoms with Crippen LogP contribution in [0.15, 0.2) is 36.5 Å². The zero-order chi connectivity index (χ0) is 17.9. The number of carboxylic acids is 1. The number of carbonyl (C=O) groups is 1. The predicted octanol–water partition coefficient (Wildman–Crippen LogP) is 2.39. The summed E-state index contributed by atoms with van der Waals surface area (Å²) >= 11 is 0. The molecule has 2 heterocycles. The number of pyridine rings is 1. The molecule has 6 nitrogen and oxygen atoms in total. The van der Waals surface area contributed by atoms with Crippen molar-refractivity contribution in [2.45, 2.75) is 38.3 Å². The Labute approximate surface area is 152 Å². The number of nitrogens with zero attached hydrogens (tertiary/aromatic N) is 1. The Balaban J connectivity index is 1.39. The maximum absolute atomic E-state index is 11.2. The molecular weight excluding hydrogens is 330 g/mol. The number of rotatable bonds is 5. The number of nitrogens with one attached hydrogen (secondary N) is 2. The van der Waals surface area contributed by atoms with Crippen LogP contribution in [0.25, 0.3) is 0 Å². The van der Waals surface area contributed by atoms with Crippen LogP contribution in [0.4, 0.5) is 0 Å². The minimum absolute atomic E-state index is 0.256. The minimum Gasteiger partial charge on any atom is -0.487 e. The molecule has 1 aliphatic heterocycles. The lowest BCUT2D eigenvalue weighted by Crippen LogP contribution is -2.25. The van der Waals surface area contributed by atoms with E-state index in [1.807, 2.05) is 12.1 Å². The monoisotopic (exact) mass is 353 g/mol. The van der Waals surface area contributed by atoms with Gasteiger partial charge in [-0.05, 0) is 54.5 Å². The summed E-state index contributed by atoms with van der Waals surface area (Å²) in [7, 11) is 0. The average Bonchev–Trinajstić information content (AvgIpc) is 3.21. The molecule has 0 spiro atoms. The molecule has 1 fully saturated rings. The third kappa shape index (κ3) is 3.71. The quantitative estimate of drug-likeness (QED) is 0.766. The number of fused-ring (bicyclic) bond motifs is 1. The second-order valence-corrected chi connectivity index (χ2v) is 7.00. The van der Waals surface area contributed by atoms with E-state index in [0.29, 0.717) is 13.0 Å². The van der Waals surface area contributed by atoms with Gasteiger partial charge in [0.15, 0.2) is 0 Å². The van der Waals surface area contributed by atoms with Gasteiger partial charge in [-0.15, -0.1) is 0 Å². The maximum atomic E-state index is 11.2. The van der Waals surface area contributed by atoms with Gasteiger partial charge in [0.1, 0.15) is 12.4 Å². The second-order valence-electron chi connectivity index (χ2n) is 7.00. The van der Waals surface area contributed by atoms with E-state index < -0.39 is 5.97 Å². The maximum Gasteiger partial charge on any atom is 0.306 e. The number of aromatic nitrogens is 1. The van der Waals surface area contributed by atoms with Gasteiger partial charge in [0.05, 0.1) is 23.9 Å². The molecule has 1 aromatic carbocycles. The van der Waals surface area contributed by atoms with Crippen LogP contribution in [0, 0.1) is 5.92 Å². The number of ether oxygens (including phenoxy) is 1. The lowest BCUT2D eigenvalue weighted by atomic mass is 9.83. The molecule has 2 atom stereocenters. The zero-order valence-corrected chi connectivity index (χ0v) is 14.6. The average molecular weight is 353 g/mol. The standard InChI is InChI=1S/C20H23N3O3/c24-20(25)15-4-3-14-2-1-13(9-16(14)10-15)12-26-17-5-6-18(21-11-17)19-7-8-22-23-19/h1-2,5-6,9,11,15,19,22-23H,3-4,7-8,10,12H2,(H,24,25)/t15-,19?/m0/s1. The van der Waals surface area contributed by atoms with E-state index in [4.69, 9.17) is 4.74 Å². The molecule has 6 heteroatoms. The number of benzene rings is 1. The van der Waals surface area contributed by atoms with Crippen LogP contribution in [0.3, 0.4) is 0 Å². The van der Waals surface area contributed by atoms with Gasteiger partial charge >= 0.3 is 5.97 Å². The topological polar surface area (TPSA) is 83.5 Å². The summed E-state index contributed by atoms with van der Waals surface area (Å²) in [4.78, 5) is 15.7. The molecule has 26 heavy (non-hydrogen) atoms. The van der Waals surface area contributed by atoms with Crippen molar-refractivity contribution < 1.29 is 14.6 Å². The fourth-order valence-electron chi connectivity index (χ4n) is 3.67. The van der Waals surface area contributed by atoms with E-state index >= 15 is 0 Å². The predicted molar refractivity (Wildman–Crippen MR) is 96.7 cm³/mol. The van der Waals surface area contributed by atoms with Crippen molar-refractivity contribution in [1.29, 1.82) is 0 Å². The molecule has 1 aliphatic carbocycles. The van der Waals surface area contributed by atoms with Gasteiger partial charge in [0.25, 0.3) is 0 Å². The summed E-state index contributed by atoms with van der Waals surface area (Å²) in [5.41, 5.74) is 10.8.